The van der Waals surface area contributed by atoms with Crippen molar-refractivity contribution in [2.75, 3.05) is 18.6 Å². The summed E-state index contributed by atoms with van der Waals surface area (Å²) in [5.41, 5.74) is 3.42. The summed E-state index contributed by atoms with van der Waals surface area (Å²) in [7, 11) is 1.52. The first-order chi connectivity index (χ1) is 13.9. The van der Waals surface area contributed by atoms with Crippen LogP contribution in [-0.4, -0.2) is 24.9 Å². The Morgan fingerprint density at radius 1 is 1.14 bits per heavy atom. The maximum Gasteiger partial charge on any atom is 0.298 e. The van der Waals surface area contributed by atoms with Crippen LogP contribution in [0.3, 0.4) is 0 Å². The molecule has 29 heavy (non-hydrogen) atoms. The van der Waals surface area contributed by atoms with Crippen molar-refractivity contribution in [3.05, 3.63) is 58.0 Å². The minimum Gasteiger partial charge on any atom is -0.495 e. The zero-order valence-corrected chi connectivity index (χ0v) is 18.1. The zero-order valence-electron chi connectivity index (χ0n) is 17.3. The first kappa shape index (κ1) is 21.0. The number of thioether (sulfide) groups is 1. The van der Waals surface area contributed by atoms with Gasteiger partial charge in [-0.15, -0.1) is 0 Å². The van der Waals surface area contributed by atoms with Crippen molar-refractivity contribution in [2.24, 2.45) is 0 Å². The lowest BCUT2D eigenvalue weighted by atomic mass is 9.96. The van der Waals surface area contributed by atoms with Gasteiger partial charge in [-0.3, -0.25) is 9.59 Å². The van der Waals surface area contributed by atoms with Gasteiger partial charge in [-0.25, -0.2) is 4.90 Å². The Labute approximate surface area is 175 Å². The van der Waals surface area contributed by atoms with E-state index in [0.717, 1.165) is 34.2 Å². The summed E-state index contributed by atoms with van der Waals surface area (Å²) in [6.07, 6.45) is 1.79. The second-order valence-electron chi connectivity index (χ2n) is 7.02. The smallest absolute Gasteiger partial charge is 0.298 e. The molecule has 2 amide bonds. The van der Waals surface area contributed by atoms with Crippen molar-refractivity contribution in [1.29, 1.82) is 0 Å². The van der Waals surface area contributed by atoms with E-state index in [1.807, 2.05) is 26.0 Å². The first-order valence-electron chi connectivity index (χ1n) is 9.55. The molecule has 1 aliphatic heterocycles. The monoisotopic (exact) mass is 411 g/mol. The molecule has 1 fully saturated rings. The highest BCUT2D eigenvalue weighted by Crippen LogP contribution is 2.40. The molecule has 0 unspecified atom stereocenters. The number of benzene rings is 2. The molecule has 0 bridgehead atoms. The Hall–Kier alpha value is -2.73. The lowest BCUT2D eigenvalue weighted by Gasteiger charge is -2.16. The minimum atomic E-state index is -0.344. The lowest BCUT2D eigenvalue weighted by Crippen LogP contribution is -2.28. The molecule has 0 N–H and O–H groups in total. The van der Waals surface area contributed by atoms with Crippen LogP contribution in [0.5, 0.6) is 11.5 Å². The largest absolute Gasteiger partial charge is 0.495 e. The number of ether oxygens (including phenoxy) is 2. The van der Waals surface area contributed by atoms with E-state index in [2.05, 4.69) is 13.8 Å². The van der Waals surface area contributed by atoms with Crippen molar-refractivity contribution in [3.63, 3.8) is 0 Å². The van der Waals surface area contributed by atoms with Gasteiger partial charge >= 0.3 is 0 Å². The summed E-state index contributed by atoms with van der Waals surface area (Å²) in [5, 5.41) is -0.335. The van der Waals surface area contributed by atoms with Crippen LogP contribution in [0.1, 0.15) is 43.4 Å². The molecule has 0 radical (unpaired) electrons. The highest BCUT2D eigenvalue weighted by molar-refractivity contribution is 8.19. The maximum absolute atomic E-state index is 13.0. The third-order valence-corrected chi connectivity index (χ3v) is 5.60. The Balaban J connectivity index is 2.01. The fourth-order valence-corrected chi connectivity index (χ4v) is 4.06. The van der Waals surface area contributed by atoms with Gasteiger partial charge in [0.15, 0.2) is 0 Å². The van der Waals surface area contributed by atoms with Gasteiger partial charge < -0.3 is 9.47 Å². The number of hydrogen-bond donors (Lipinski definition) is 0. The Bertz CT molecular complexity index is 981. The molecule has 6 heteroatoms. The average Bonchev–Trinajstić information content (AvgIpc) is 2.96. The van der Waals surface area contributed by atoms with E-state index >= 15 is 0 Å². The molecule has 2 aromatic carbocycles. The number of rotatable bonds is 6. The van der Waals surface area contributed by atoms with Crippen molar-refractivity contribution in [2.45, 2.75) is 33.6 Å². The number of methoxy groups -OCH3 is 1. The molecule has 1 heterocycles. The lowest BCUT2D eigenvalue weighted by molar-refractivity contribution is -0.113. The number of carbonyl (C=O) groups is 2. The van der Waals surface area contributed by atoms with Crippen LogP contribution in [0.4, 0.5) is 10.5 Å². The van der Waals surface area contributed by atoms with Crippen LogP contribution in [0.25, 0.3) is 6.08 Å². The third-order valence-electron chi connectivity index (χ3n) is 4.73. The molecule has 2 aromatic rings. The third kappa shape index (κ3) is 4.17. The molecule has 1 saturated heterocycles. The predicted octanol–water partition coefficient (Wildman–Crippen LogP) is 5.77. The van der Waals surface area contributed by atoms with E-state index in [1.54, 1.807) is 30.3 Å². The zero-order chi connectivity index (χ0) is 21.1. The summed E-state index contributed by atoms with van der Waals surface area (Å²) in [6, 6.07) is 11.0. The molecule has 0 aromatic heterocycles. The van der Waals surface area contributed by atoms with E-state index in [9.17, 15) is 9.59 Å². The van der Waals surface area contributed by atoms with Crippen molar-refractivity contribution >= 4 is 34.7 Å². The number of aryl methyl sites for hydroxylation is 1. The van der Waals surface area contributed by atoms with E-state index in [4.69, 9.17) is 9.47 Å². The standard InChI is InChI=1S/C23H25NO4S/c1-6-28-20-11-15(4)16(12-17(20)14(2)3)13-21-22(25)24(23(26)29-21)18-9-7-8-10-19(18)27-5/h7-14H,6H2,1-5H3/b21-13-. The number of amides is 2. The summed E-state index contributed by atoms with van der Waals surface area (Å²) in [4.78, 5) is 27.2. The molecule has 1 aliphatic rings. The van der Waals surface area contributed by atoms with Crippen molar-refractivity contribution in [1.82, 2.24) is 0 Å². The minimum absolute atomic E-state index is 0.271. The molecular formula is C23H25NO4S. The van der Waals surface area contributed by atoms with Gasteiger partial charge in [0, 0.05) is 0 Å². The van der Waals surface area contributed by atoms with Crippen LogP contribution in [-0.2, 0) is 4.79 Å². The molecule has 0 aliphatic carbocycles. The van der Waals surface area contributed by atoms with Crippen LogP contribution >= 0.6 is 11.8 Å². The highest BCUT2D eigenvalue weighted by atomic mass is 32.2. The molecule has 3 rings (SSSR count). The van der Waals surface area contributed by atoms with Gasteiger partial charge in [0.1, 0.15) is 11.5 Å². The second kappa shape index (κ2) is 8.74. The summed E-state index contributed by atoms with van der Waals surface area (Å²) < 4.78 is 11.1. The number of anilines is 1. The van der Waals surface area contributed by atoms with Crippen LogP contribution in [0, 0.1) is 6.92 Å². The topological polar surface area (TPSA) is 55.8 Å². The summed E-state index contributed by atoms with van der Waals surface area (Å²) >= 11 is 0.940. The first-order valence-corrected chi connectivity index (χ1v) is 10.4. The van der Waals surface area contributed by atoms with E-state index in [0.29, 0.717) is 22.9 Å². The fourth-order valence-electron chi connectivity index (χ4n) is 3.23. The molecule has 0 atom stereocenters. The predicted molar refractivity (Wildman–Crippen MR) is 118 cm³/mol. The van der Waals surface area contributed by atoms with Gasteiger partial charge in [-0.2, -0.15) is 0 Å². The quantitative estimate of drug-likeness (QED) is 0.565. The number of hydrogen-bond acceptors (Lipinski definition) is 5. The van der Waals surface area contributed by atoms with Crippen LogP contribution in [0.2, 0.25) is 0 Å². The van der Waals surface area contributed by atoms with Gasteiger partial charge in [0.25, 0.3) is 11.1 Å². The summed E-state index contributed by atoms with van der Waals surface area (Å²) in [6.45, 7) is 8.74. The van der Waals surface area contributed by atoms with Crippen molar-refractivity contribution in [3.8, 4) is 11.5 Å². The Morgan fingerprint density at radius 3 is 2.52 bits per heavy atom. The van der Waals surface area contributed by atoms with E-state index in [-0.39, 0.29) is 17.1 Å². The van der Waals surface area contributed by atoms with Gasteiger partial charge in [-0.1, -0.05) is 26.0 Å². The molecule has 152 valence electrons. The van der Waals surface area contributed by atoms with E-state index in [1.165, 1.54) is 12.0 Å². The normalized spacial score (nSPS) is 15.5. The SMILES string of the molecule is CCOc1cc(C)c(/C=C2\SC(=O)N(c3ccccc3OC)C2=O)cc1C(C)C. The number of para-hydroxylation sites is 2. The second-order valence-corrected chi connectivity index (χ2v) is 8.02. The molecule has 0 spiro atoms. The highest BCUT2D eigenvalue weighted by Gasteiger charge is 2.37. The summed E-state index contributed by atoms with van der Waals surface area (Å²) in [5.74, 6) is 1.27. The molecule has 5 nitrogen and oxygen atoms in total. The van der Waals surface area contributed by atoms with E-state index < -0.39 is 0 Å². The van der Waals surface area contributed by atoms with Crippen LogP contribution < -0.4 is 14.4 Å². The Kier molecular flexibility index (Phi) is 6.33. The Morgan fingerprint density at radius 2 is 1.86 bits per heavy atom. The average molecular weight is 412 g/mol. The fraction of sp³-hybridized carbons (Fsp3) is 0.304. The van der Waals surface area contributed by atoms with Crippen LogP contribution in [0.15, 0.2) is 41.3 Å². The molecule has 0 saturated carbocycles. The van der Waals surface area contributed by atoms with Gasteiger partial charge in [0.05, 0.1) is 24.3 Å². The van der Waals surface area contributed by atoms with Crippen molar-refractivity contribution < 1.29 is 19.1 Å². The number of nitrogens with zero attached hydrogens (tertiary/aromatic N) is 1. The number of carbonyl (C=O) groups excluding carboxylic acids is 2. The maximum atomic E-state index is 13.0. The number of imide groups is 1. The van der Waals surface area contributed by atoms with Gasteiger partial charge in [-0.05, 0) is 78.6 Å². The molecular weight excluding hydrogens is 386 g/mol. The van der Waals surface area contributed by atoms with Gasteiger partial charge in [0.2, 0.25) is 0 Å².